The Morgan fingerprint density at radius 3 is 2.69 bits per heavy atom. The van der Waals surface area contributed by atoms with Gasteiger partial charge in [-0.2, -0.15) is 0 Å². The van der Waals surface area contributed by atoms with Gasteiger partial charge in [0.15, 0.2) is 0 Å². The number of methoxy groups -OCH3 is 1. The number of nitrogens with zero attached hydrogens (tertiary/aromatic N) is 5. The van der Waals surface area contributed by atoms with E-state index in [1.165, 1.54) is 16.3 Å². The fourth-order valence-electron chi connectivity index (χ4n) is 8.41. The number of rotatable bonds is 4. The molecular formula is C40H51N7O6S. The number of thiazole rings is 1. The molecule has 2 saturated heterocycles. The molecule has 13 nitrogen and oxygen atoms in total. The van der Waals surface area contributed by atoms with Crippen LogP contribution in [0.2, 0.25) is 0 Å². The Morgan fingerprint density at radius 2 is 1.91 bits per heavy atom. The summed E-state index contributed by atoms with van der Waals surface area (Å²) in [5, 5.41) is 5.33. The number of benzene rings is 1. The van der Waals surface area contributed by atoms with Crippen LogP contribution in [0.3, 0.4) is 0 Å². The third kappa shape index (κ3) is 6.98. The molecule has 0 unspecified atom stereocenters. The molecule has 5 atom stereocenters. The second-order valence-electron chi connectivity index (χ2n) is 16.1. The van der Waals surface area contributed by atoms with Gasteiger partial charge in [-0.05, 0) is 63.8 Å². The van der Waals surface area contributed by atoms with E-state index >= 15 is 0 Å². The molecule has 0 aliphatic carbocycles. The molecule has 3 N–H and O–H groups in total. The van der Waals surface area contributed by atoms with Crippen LogP contribution in [-0.4, -0.2) is 95.7 Å². The second kappa shape index (κ2) is 14.5. The van der Waals surface area contributed by atoms with Gasteiger partial charge in [0.2, 0.25) is 0 Å². The highest BCUT2D eigenvalue weighted by Crippen LogP contribution is 2.47. The van der Waals surface area contributed by atoms with Crippen molar-refractivity contribution in [2.75, 3.05) is 44.9 Å². The summed E-state index contributed by atoms with van der Waals surface area (Å²) in [5.41, 5.74) is 16.9. The summed E-state index contributed by atoms with van der Waals surface area (Å²) >= 11 is 1.49. The van der Waals surface area contributed by atoms with E-state index < -0.39 is 17.5 Å². The van der Waals surface area contributed by atoms with E-state index in [1.54, 1.807) is 7.11 Å². The predicted molar refractivity (Wildman–Crippen MR) is 207 cm³/mol. The topological polar surface area (TPSA) is 146 Å². The van der Waals surface area contributed by atoms with Crippen LogP contribution < -0.4 is 20.8 Å². The summed E-state index contributed by atoms with van der Waals surface area (Å²) in [5.74, 6) is 0.150. The van der Waals surface area contributed by atoms with Crippen molar-refractivity contribution in [3.63, 3.8) is 0 Å². The van der Waals surface area contributed by atoms with Crippen molar-refractivity contribution in [2.24, 2.45) is 11.1 Å². The first-order valence-corrected chi connectivity index (χ1v) is 20.0. The summed E-state index contributed by atoms with van der Waals surface area (Å²) in [6.07, 6.45) is 3.99. The molecule has 1 aromatic carbocycles. The number of amides is 1. The third-order valence-electron chi connectivity index (χ3n) is 11.0. The molecule has 4 aliphatic heterocycles. The quantitative estimate of drug-likeness (QED) is 0.271. The Morgan fingerprint density at radius 1 is 1.11 bits per heavy atom. The lowest BCUT2D eigenvalue weighted by Crippen LogP contribution is -2.59. The van der Waals surface area contributed by atoms with Crippen LogP contribution in [0.15, 0.2) is 29.8 Å². The summed E-state index contributed by atoms with van der Waals surface area (Å²) in [6, 6.07) is 5.10. The Labute approximate surface area is 320 Å². The lowest BCUT2D eigenvalue weighted by atomic mass is 9.84. The number of cyclic esters (lactones) is 1. The van der Waals surface area contributed by atoms with Gasteiger partial charge in [0, 0.05) is 60.5 Å². The normalized spacial score (nSPS) is 25.2. The van der Waals surface area contributed by atoms with Gasteiger partial charge >= 0.3 is 5.97 Å². The molecule has 7 heterocycles. The third-order valence-corrected chi connectivity index (χ3v) is 11.9. The molecule has 8 rings (SSSR count). The number of hydrazine groups is 1. The average Bonchev–Trinajstić information content (AvgIpc) is 3.75. The van der Waals surface area contributed by atoms with Crippen LogP contribution in [0.1, 0.15) is 69.8 Å². The van der Waals surface area contributed by atoms with E-state index in [-0.39, 0.29) is 43.2 Å². The first kappa shape index (κ1) is 36.9. The number of carbonyl (C=O) groups excluding carboxylic acids is 2. The van der Waals surface area contributed by atoms with Gasteiger partial charge in [-0.3, -0.25) is 19.6 Å². The number of pyridine rings is 1. The Kier molecular flexibility index (Phi) is 9.92. The van der Waals surface area contributed by atoms with E-state index in [0.29, 0.717) is 39.0 Å². The molecule has 0 saturated carbocycles. The summed E-state index contributed by atoms with van der Waals surface area (Å²) < 4.78 is 26.9. The minimum atomic E-state index is -0.809. The number of nitrogens with one attached hydrogen (secondary N) is 1. The highest BCUT2D eigenvalue weighted by molar-refractivity contribution is 7.10. The number of morpholine rings is 1. The maximum absolute atomic E-state index is 13.6. The molecule has 1 amide bonds. The van der Waals surface area contributed by atoms with Crippen LogP contribution in [0.25, 0.3) is 33.4 Å². The van der Waals surface area contributed by atoms with Crippen LogP contribution in [0.4, 0.5) is 5.69 Å². The number of fused-ring (bicyclic) bond motifs is 6. The Balaban J connectivity index is 1.32. The Hall–Kier alpha value is -4.08. The number of hydrogen-bond donors (Lipinski definition) is 2. The maximum Gasteiger partial charge on any atom is 0.324 e. The summed E-state index contributed by atoms with van der Waals surface area (Å²) in [6.45, 7) is 13.9. The molecule has 54 heavy (non-hydrogen) atoms. The minimum absolute atomic E-state index is 0.0902. The minimum Gasteiger partial charge on any atom is -0.489 e. The largest absolute Gasteiger partial charge is 0.489 e. The van der Waals surface area contributed by atoms with Gasteiger partial charge in [-0.25, -0.2) is 10.4 Å². The van der Waals surface area contributed by atoms with Crippen molar-refractivity contribution >= 4 is 39.8 Å². The molecule has 3 aromatic heterocycles. The van der Waals surface area contributed by atoms with Crippen molar-refractivity contribution in [3.8, 4) is 28.3 Å². The maximum atomic E-state index is 13.6. The zero-order valence-electron chi connectivity index (χ0n) is 32.0. The van der Waals surface area contributed by atoms with Crippen LogP contribution in [-0.2, 0) is 43.2 Å². The smallest absolute Gasteiger partial charge is 0.324 e. The molecular weight excluding hydrogens is 707 g/mol. The molecule has 4 aliphatic rings. The van der Waals surface area contributed by atoms with Crippen molar-refractivity contribution in [1.82, 2.24) is 25.0 Å². The van der Waals surface area contributed by atoms with Crippen molar-refractivity contribution < 1.29 is 28.5 Å². The number of hydrogen-bond acceptors (Lipinski definition) is 12. The van der Waals surface area contributed by atoms with Crippen LogP contribution >= 0.6 is 11.3 Å². The van der Waals surface area contributed by atoms with Gasteiger partial charge in [0.05, 0.1) is 77.0 Å². The zero-order valence-corrected chi connectivity index (χ0v) is 32.8. The fraction of sp³-hybridized carbons (Fsp3) is 0.550. The lowest BCUT2D eigenvalue weighted by Gasteiger charge is -2.37. The SMILES string of the molecule is CO[C@@H](C)c1ncc(N2C[C@@H](C)O[C@H](C)C2)cc1-c1c2c3cc(cc4c3n1CCO4)-c1csc(n1)C[C@H](N)C(=O)N1CCC[C@H](N1)C(=O)OCC(C)(C)C2. The van der Waals surface area contributed by atoms with E-state index in [2.05, 4.69) is 60.8 Å². The molecule has 0 radical (unpaired) electrons. The average molecular weight is 758 g/mol. The monoisotopic (exact) mass is 757 g/mol. The number of ether oxygens (including phenoxy) is 4. The highest BCUT2D eigenvalue weighted by Gasteiger charge is 2.36. The van der Waals surface area contributed by atoms with E-state index in [0.717, 1.165) is 74.2 Å². The molecule has 14 heteroatoms. The van der Waals surface area contributed by atoms with Crippen molar-refractivity contribution in [3.05, 3.63) is 46.0 Å². The lowest BCUT2D eigenvalue weighted by molar-refractivity contribution is -0.154. The van der Waals surface area contributed by atoms with Crippen molar-refractivity contribution in [2.45, 2.75) is 97.2 Å². The zero-order chi connectivity index (χ0) is 37.9. The van der Waals surface area contributed by atoms with Crippen LogP contribution in [0.5, 0.6) is 5.75 Å². The first-order valence-electron chi connectivity index (χ1n) is 19.1. The predicted octanol–water partition coefficient (Wildman–Crippen LogP) is 5.03. The van der Waals surface area contributed by atoms with Gasteiger partial charge in [-0.1, -0.05) is 13.8 Å². The highest BCUT2D eigenvalue weighted by atomic mass is 32.1. The standard InChI is InChI=1S/C40H51N7O6S/c1-22-18-45(19-23(2)53-22)26-14-28(35(42-17-26)24(3)50-6)36-29-16-40(4,5)21-52-39(49)31-8-7-9-47(44-31)38(48)30(41)15-34-43-32(20-54-34)25-12-27(29)37-33(13-25)51-11-10-46(36)37/h12-14,17,20,22-24,30-31,44H,7-11,15-16,18-19,21,41H2,1-6H3/t22-,23-,24+,30+,31+/m1/s1. The van der Waals surface area contributed by atoms with E-state index in [1.807, 2.05) is 18.5 Å². The second-order valence-corrected chi connectivity index (χ2v) is 17.0. The molecule has 4 aromatic rings. The molecule has 0 spiro atoms. The number of esters is 1. The Bertz CT molecular complexity index is 2070. The fourth-order valence-corrected chi connectivity index (χ4v) is 9.27. The van der Waals surface area contributed by atoms with E-state index in [9.17, 15) is 9.59 Å². The van der Waals surface area contributed by atoms with Gasteiger partial charge < -0.3 is 34.1 Å². The number of carbonyl (C=O) groups is 2. The van der Waals surface area contributed by atoms with Gasteiger partial charge in [0.1, 0.15) is 18.4 Å². The number of aromatic nitrogens is 3. The van der Waals surface area contributed by atoms with Gasteiger partial charge in [-0.15, -0.1) is 11.3 Å². The van der Waals surface area contributed by atoms with Crippen LogP contribution in [0, 0.1) is 5.41 Å². The first-order chi connectivity index (χ1) is 25.9. The summed E-state index contributed by atoms with van der Waals surface area (Å²) in [7, 11) is 1.72. The van der Waals surface area contributed by atoms with Gasteiger partial charge in [0.25, 0.3) is 5.91 Å². The van der Waals surface area contributed by atoms with E-state index in [4.69, 9.17) is 34.6 Å². The summed E-state index contributed by atoms with van der Waals surface area (Å²) in [4.78, 5) is 39.4. The van der Waals surface area contributed by atoms with Crippen molar-refractivity contribution in [1.29, 1.82) is 0 Å². The molecule has 288 valence electrons. The molecule has 2 fully saturated rings. The number of anilines is 1. The number of nitrogens with two attached hydrogens (primary N) is 1. The molecule has 6 bridgehead atoms.